The number of hydrogen-bond acceptors (Lipinski definition) is 23. The minimum absolute atomic E-state index is 0.0290. The van der Waals surface area contributed by atoms with E-state index in [4.69, 9.17) is 17.2 Å². The van der Waals surface area contributed by atoms with Gasteiger partial charge in [0.15, 0.2) is 5.78 Å². The zero-order valence-electron chi connectivity index (χ0n) is 77.2. The molecule has 3 aromatic heterocycles. The van der Waals surface area contributed by atoms with Gasteiger partial charge in [-0.2, -0.15) is 0 Å². The highest BCUT2D eigenvalue weighted by Crippen LogP contribution is 2.30. The Kier molecular flexibility index (Phi) is 39.1. The number of aliphatic carboxylic acids is 1. The molecule has 0 bridgehead atoms. The van der Waals surface area contributed by atoms with Crippen molar-refractivity contribution in [2.75, 3.05) is 58.8 Å². The van der Waals surface area contributed by atoms with E-state index in [9.17, 15) is 63.3 Å². The van der Waals surface area contributed by atoms with Gasteiger partial charge >= 0.3 is 5.97 Å². The third-order valence-corrected chi connectivity index (χ3v) is 25.6. The van der Waals surface area contributed by atoms with Crippen molar-refractivity contribution < 1.29 is 102 Å². The van der Waals surface area contributed by atoms with Gasteiger partial charge in [-0.05, 0) is 112 Å². The van der Waals surface area contributed by atoms with Crippen LogP contribution in [0.25, 0.3) is 21.8 Å². The molecule has 3 saturated heterocycles. The first-order chi connectivity index (χ1) is 64.3. The van der Waals surface area contributed by atoms with Crippen LogP contribution in [0.1, 0.15) is 153 Å². The van der Waals surface area contributed by atoms with Crippen molar-refractivity contribution in [3.05, 3.63) is 120 Å². The molecule has 3 aliphatic rings. The molecule has 16 amide bonds. The van der Waals surface area contributed by atoms with E-state index in [0.29, 0.717) is 64.2 Å². The van der Waals surface area contributed by atoms with Gasteiger partial charge in [0.25, 0.3) is 0 Å². The fourth-order valence-electron chi connectivity index (χ4n) is 17.0. The largest absolute Gasteiger partial charge is 0.508 e. The average molecular weight is 1900 g/mol. The predicted molar refractivity (Wildman–Crippen MR) is 495 cm³/mol. The van der Waals surface area contributed by atoms with Crippen molar-refractivity contribution >= 4 is 140 Å². The number of fused-ring (bicyclic) bond motifs is 4. The number of unbranched alkanes of at least 4 members (excludes halogenated alkanes) is 2. The molecule has 15 atom stereocenters. The maximum atomic E-state index is 15.8. The molecular weight excluding hydrogens is 1770 g/mol. The summed E-state index contributed by atoms with van der Waals surface area (Å²) in [6, 6.07) is -0.234. The number of Topliss-reactive ketones (excluding diaryl/α,β-unsaturated/α-hetero) is 1. The Labute approximate surface area is 784 Å². The summed E-state index contributed by atoms with van der Waals surface area (Å²) in [4.78, 5) is 282. The van der Waals surface area contributed by atoms with Gasteiger partial charge in [0.2, 0.25) is 94.5 Å². The second-order valence-electron chi connectivity index (χ2n) is 35.1. The Balaban J connectivity index is 1.11. The van der Waals surface area contributed by atoms with Gasteiger partial charge in [-0.25, -0.2) is 4.98 Å². The van der Waals surface area contributed by atoms with Crippen LogP contribution in [-0.2, 0) is 112 Å². The summed E-state index contributed by atoms with van der Waals surface area (Å²) in [5, 5.41) is 57.1. The van der Waals surface area contributed by atoms with Crippen LogP contribution in [-0.4, -0.2) is 309 Å². The number of likely N-dealkylation sites (N-methyl/N-ethyl adjacent to an activating group) is 3. The van der Waals surface area contributed by atoms with E-state index in [1.54, 1.807) is 74.8 Å². The standard InChI is InChI=1S/C92H127N21O21S/c1-9-11-22-71-86(128)104-65(34-50(3)4)84(126)108-70(82(124)99-45-77(95)118)47-135-48-78(119)101-67(35-52-25-27-57(114)28-26-52)88(130)109(6)51(5)80(122)106-69(41-76(94)117)91(133)112-33-17-24-72(112)87(129)105-66(39-56-44-96-49-100-56)85(127)103-64(29-30-79(120)121)90(132)113-46-58(115)40-74(113)75(116)38-53(36-54-42-97-61-20-15-13-18-59(54)61)81(123)102-63(31-32-93)83(125)107-68(37-55-43-98-62-21-16-14-19-60(55)62)89(131)111(8)73(23-12-10-2)92(134)110(71)7/h13-16,18-21,25-28,42-44,49-51,53,58,63-74,97-98,114-115H,9-12,17,22-24,29-41,45-48,93H2,1-8H3,(H2,94,117)(H2,95,118)(H,96,100)(H,99,124)(H,101,119)(H,102,123)(H,103,127)(H,104,128)(H,105,129)(H,106,122)(H,107,125)(H,108,126)(H,120,121)/t51-,53+,58+,63-,64-,65-,66-,67-,68-,69-,70-,71-,72-,73-,74-/m0/s1. The first kappa shape index (κ1) is 105. The van der Waals surface area contributed by atoms with Crippen LogP contribution in [0.2, 0.25) is 0 Å². The number of aliphatic hydroxyl groups excluding tert-OH is 1. The molecule has 0 unspecified atom stereocenters. The third kappa shape index (κ3) is 29.3. The van der Waals surface area contributed by atoms with Crippen LogP contribution < -0.4 is 65.1 Å². The number of thioether (sulfide) groups is 1. The molecule has 3 fully saturated rings. The monoisotopic (exact) mass is 1890 g/mol. The number of rotatable bonds is 26. The SMILES string of the molecule is CCCC[C@H]1C(=O)N(C)[C@@H](CCCC)C(=O)N[C@@H](CC(C)C)C(=O)N[C@H](C(=O)NCC(N)=O)CSCC(=O)N[C@@H](Cc2ccc(O)cc2)C(=O)N(C)[C@@H](C)C(=O)N[C@@H](CC(N)=O)C(=O)N2CCC[C@H]2C(=O)N[C@@H](Cc2cnc[nH]2)C(=O)N[C@@H](CCC(=O)O)C(=O)N2C[C@H](O)C[C@H]2C(=O)C[C@@H](Cc2c[nH]c3ccccc23)C(=O)N[C@@H](CCN)C(=O)N[C@@H](Cc2c[nH]c3ccccc23)C(=O)N1C. The Morgan fingerprint density at radius 1 is 0.570 bits per heavy atom. The van der Waals surface area contributed by atoms with Crippen molar-refractivity contribution in [3.63, 3.8) is 0 Å². The summed E-state index contributed by atoms with van der Waals surface area (Å²) in [6.45, 7) is 6.88. The Bertz CT molecular complexity index is 5220. The third-order valence-electron chi connectivity index (χ3n) is 24.6. The Morgan fingerprint density at radius 3 is 1.76 bits per heavy atom. The zero-order valence-corrected chi connectivity index (χ0v) is 78.0. The average Bonchev–Trinajstić information content (AvgIpc) is 1.56. The summed E-state index contributed by atoms with van der Waals surface area (Å²) < 4.78 is 0. The van der Waals surface area contributed by atoms with Gasteiger partial charge in [0.05, 0.1) is 37.2 Å². The Hall–Kier alpha value is -13.3. The smallest absolute Gasteiger partial charge is 0.303 e. The van der Waals surface area contributed by atoms with Crippen molar-refractivity contribution in [1.29, 1.82) is 0 Å². The predicted octanol–water partition coefficient (Wildman–Crippen LogP) is -0.880. The topological polar surface area (TPSA) is 631 Å². The molecule has 6 aromatic rings. The number of para-hydroxylation sites is 2. The Morgan fingerprint density at radius 2 is 1.14 bits per heavy atom. The summed E-state index contributed by atoms with van der Waals surface area (Å²) in [7, 11) is 3.98. The summed E-state index contributed by atoms with van der Waals surface area (Å²) in [6.07, 6.45) is 1.67. The van der Waals surface area contributed by atoms with Crippen molar-refractivity contribution in [2.24, 2.45) is 29.0 Å². The zero-order chi connectivity index (χ0) is 98.6. The molecule has 3 aliphatic heterocycles. The number of aromatic hydroxyl groups is 1. The molecule has 3 aromatic carbocycles. The number of aromatic amines is 3. The lowest BCUT2D eigenvalue weighted by molar-refractivity contribution is -0.149. The highest BCUT2D eigenvalue weighted by molar-refractivity contribution is 8.00. The molecule has 135 heavy (non-hydrogen) atoms. The van der Waals surface area contributed by atoms with Gasteiger partial charge in [-0.1, -0.05) is 102 Å². The van der Waals surface area contributed by atoms with E-state index < -0.39 is 254 Å². The fourth-order valence-corrected chi connectivity index (χ4v) is 17.9. The number of carboxylic acids is 1. The minimum Gasteiger partial charge on any atom is -0.508 e. The summed E-state index contributed by atoms with van der Waals surface area (Å²) >= 11 is 0.790. The van der Waals surface area contributed by atoms with E-state index >= 15 is 38.4 Å². The molecule has 0 spiro atoms. The van der Waals surface area contributed by atoms with Crippen LogP contribution in [0.5, 0.6) is 5.75 Å². The molecular formula is C92H127N21O21S. The molecule has 21 N–H and O–H groups in total. The lowest BCUT2D eigenvalue weighted by Gasteiger charge is -2.36. The number of aromatic nitrogens is 4. The van der Waals surface area contributed by atoms with Crippen LogP contribution in [0.15, 0.2) is 97.7 Å². The molecule has 0 radical (unpaired) electrons. The quantitative estimate of drug-likeness (QED) is 0.0313. The van der Waals surface area contributed by atoms with Gasteiger partial charge < -0.3 is 120 Å². The lowest BCUT2D eigenvalue weighted by atomic mass is 9.90. The normalized spacial score (nSPS) is 24.9. The number of primary amides is 2. The fraction of sp³-hybridized carbons (Fsp3) is 0.533. The van der Waals surface area contributed by atoms with Crippen LogP contribution in [0, 0.1) is 11.8 Å². The van der Waals surface area contributed by atoms with E-state index in [2.05, 4.69) is 67.8 Å². The maximum Gasteiger partial charge on any atom is 0.303 e. The number of aliphatic hydroxyl groups is 1. The van der Waals surface area contributed by atoms with Crippen molar-refractivity contribution in [3.8, 4) is 5.75 Å². The maximum absolute atomic E-state index is 15.8. The van der Waals surface area contributed by atoms with Gasteiger partial charge in [0.1, 0.15) is 78.3 Å². The number of nitrogens with zero attached hydrogens (tertiary/aromatic N) is 6. The number of carbonyl (C=O) groups is 18. The van der Waals surface area contributed by atoms with Crippen molar-refractivity contribution in [2.45, 2.75) is 241 Å². The molecule has 6 heterocycles. The number of imidazole rings is 1. The highest BCUT2D eigenvalue weighted by atomic mass is 32.2. The summed E-state index contributed by atoms with van der Waals surface area (Å²) in [5.74, 6) is -19.9. The number of H-pyrrole nitrogens is 3. The number of benzene rings is 3. The number of nitrogens with one attached hydrogen (secondary N) is 12. The number of nitrogens with two attached hydrogens (primary N) is 3. The second-order valence-corrected chi connectivity index (χ2v) is 36.2. The first-order valence-electron chi connectivity index (χ1n) is 45.5. The molecule has 732 valence electrons. The first-order valence-corrected chi connectivity index (χ1v) is 46.7. The van der Waals surface area contributed by atoms with Crippen LogP contribution >= 0.6 is 11.8 Å². The molecule has 9 rings (SSSR count). The second kappa shape index (κ2) is 50.1. The van der Waals surface area contributed by atoms with Gasteiger partial charge in [0, 0.05) is 131 Å². The van der Waals surface area contributed by atoms with Crippen LogP contribution in [0.3, 0.4) is 0 Å². The molecule has 42 nitrogen and oxygen atoms in total. The van der Waals surface area contributed by atoms with Crippen LogP contribution in [0.4, 0.5) is 0 Å². The lowest BCUT2D eigenvalue weighted by Crippen LogP contribution is -2.60. The van der Waals surface area contributed by atoms with E-state index in [1.165, 1.54) is 74.7 Å². The van der Waals surface area contributed by atoms with E-state index in [1.807, 2.05) is 13.8 Å². The number of hydrogen-bond donors (Lipinski definition) is 18. The minimum atomic E-state index is -1.81. The number of phenolic OH excluding ortho intramolecular Hbond substituents is 1. The number of carbonyl (C=O) groups excluding carboxylic acids is 17. The van der Waals surface area contributed by atoms with Gasteiger partial charge in [-0.3, -0.25) is 86.3 Å². The van der Waals surface area contributed by atoms with Crippen molar-refractivity contribution in [1.82, 2.24) is 92.3 Å². The number of carboxylic acid groups (broad SMARTS) is 1. The number of ketones is 1. The number of amides is 16. The van der Waals surface area contributed by atoms with E-state index in [-0.39, 0.29) is 94.7 Å². The number of phenols is 1. The highest BCUT2D eigenvalue weighted by Gasteiger charge is 2.47. The molecule has 43 heteroatoms. The molecule has 0 saturated carbocycles. The molecule has 0 aliphatic carbocycles. The van der Waals surface area contributed by atoms with E-state index in [0.717, 1.165) is 26.5 Å². The summed E-state index contributed by atoms with van der Waals surface area (Å²) in [5.41, 5.74) is 20.5. The van der Waals surface area contributed by atoms with Gasteiger partial charge in [-0.15, -0.1) is 11.8 Å².